The number of rotatable bonds is 1. The van der Waals surface area contributed by atoms with Crippen molar-refractivity contribution in [2.75, 3.05) is 0 Å². The first-order valence-electron chi connectivity index (χ1n) is 3.46. The van der Waals surface area contributed by atoms with Gasteiger partial charge in [-0.15, -0.1) is 0 Å². The quantitative estimate of drug-likeness (QED) is 0.235. The van der Waals surface area contributed by atoms with Crippen LogP contribution >= 0.6 is 0 Å². The zero-order chi connectivity index (χ0) is 8.97. The molecule has 0 saturated carbocycles. The maximum Gasteiger partial charge on any atom is 0.196 e. The zero-order valence-electron chi connectivity index (χ0n) is 6.78. The van der Waals surface area contributed by atoms with E-state index in [4.69, 9.17) is 11.6 Å². The lowest BCUT2D eigenvalue weighted by Crippen LogP contribution is -2.04. The van der Waals surface area contributed by atoms with Gasteiger partial charge in [0.25, 0.3) is 0 Å². The van der Waals surface area contributed by atoms with E-state index in [9.17, 15) is 0 Å². The molecule has 1 aromatic rings. The van der Waals surface area contributed by atoms with Crippen LogP contribution in [0.25, 0.3) is 0 Å². The summed E-state index contributed by atoms with van der Waals surface area (Å²) in [4.78, 5) is 6.80. The highest BCUT2D eigenvalue weighted by molar-refractivity contribution is 6.01. The number of hydrazone groups is 1. The molecule has 5 nitrogen and oxygen atoms in total. The Labute approximate surface area is 70.2 Å². The molecule has 64 valence electrons. The van der Waals surface area contributed by atoms with Crippen molar-refractivity contribution in [3.63, 3.8) is 0 Å². The summed E-state index contributed by atoms with van der Waals surface area (Å²) in [5, 5.41) is 3.47. The van der Waals surface area contributed by atoms with Gasteiger partial charge in [0.2, 0.25) is 0 Å². The maximum atomic E-state index is 5.11. The fourth-order valence-corrected chi connectivity index (χ4v) is 0.878. The third-order valence-electron chi connectivity index (χ3n) is 1.39. The highest BCUT2D eigenvalue weighted by Crippen LogP contribution is 2.01. The van der Waals surface area contributed by atoms with Gasteiger partial charge in [0.1, 0.15) is 0 Å². The predicted molar refractivity (Wildman–Crippen MR) is 48.9 cm³/mol. The van der Waals surface area contributed by atoms with Crippen molar-refractivity contribution in [2.45, 2.75) is 6.92 Å². The van der Waals surface area contributed by atoms with Gasteiger partial charge in [-0.3, -0.25) is 0 Å². The van der Waals surface area contributed by atoms with Crippen LogP contribution in [0.3, 0.4) is 0 Å². The Morgan fingerprint density at radius 3 is 2.75 bits per heavy atom. The van der Waals surface area contributed by atoms with Crippen molar-refractivity contribution in [3.05, 3.63) is 23.5 Å². The Morgan fingerprint density at radius 2 is 2.33 bits per heavy atom. The van der Waals surface area contributed by atoms with Crippen LogP contribution in [-0.4, -0.2) is 17.2 Å². The van der Waals surface area contributed by atoms with E-state index in [1.165, 1.54) is 0 Å². The van der Waals surface area contributed by atoms with E-state index in [-0.39, 0.29) is 0 Å². The standard InChI is InChI=1S/C7H11N5/c1-5-2-3-6(11-5)7(12-9)10-4-8/h2-4,11H,9H2,1H3,(H2,8,10,12). The molecule has 0 aliphatic rings. The van der Waals surface area contributed by atoms with Gasteiger partial charge in [-0.25, -0.2) is 4.99 Å². The van der Waals surface area contributed by atoms with Gasteiger partial charge >= 0.3 is 0 Å². The molecule has 1 heterocycles. The number of aromatic amines is 1. The van der Waals surface area contributed by atoms with E-state index in [1.54, 1.807) is 0 Å². The van der Waals surface area contributed by atoms with E-state index >= 15 is 0 Å². The normalized spacial score (nSPS) is 12.6. The number of H-pyrrole nitrogens is 1. The zero-order valence-corrected chi connectivity index (χ0v) is 6.78. The molecule has 0 unspecified atom stereocenters. The first kappa shape index (κ1) is 8.32. The Morgan fingerprint density at radius 1 is 1.58 bits per heavy atom. The summed E-state index contributed by atoms with van der Waals surface area (Å²) in [5.41, 5.74) is 6.89. The molecule has 0 atom stereocenters. The van der Waals surface area contributed by atoms with Crippen molar-refractivity contribution in [1.82, 2.24) is 4.98 Å². The van der Waals surface area contributed by atoms with Crippen LogP contribution in [0, 0.1) is 6.92 Å². The van der Waals surface area contributed by atoms with E-state index < -0.39 is 0 Å². The summed E-state index contributed by atoms with van der Waals surface area (Å²) in [6.07, 6.45) is 1.15. The minimum absolute atomic E-state index is 0.394. The number of aromatic nitrogens is 1. The summed E-state index contributed by atoms with van der Waals surface area (Å²) >= 11 is 0. The maximum absolute atomic E-state index is 5.11. The molecule has 1 rings (SSSR count). The van der Waals surface area contributed by atoms with E-state index in [2.05, 4.69) is 15.1 Å². The van der Waals surface area contributed by atoms with Crippen LogP contribution in [0.1, 0.15) is 11.4 Å². The molecule has 0 radical (unpaired) electrons. The SMILES string of the molecule is Cc1ccc(/C(N=CN)=N/N)[nH]1. The van der Waals surface area contributed by atoms with E-state index in [0.717, 1.165) is 17.7 Å². The summed E-state index contributed by atoms with van der Waals surface area (Å²) < 4.78 is 0. The lowest BCUT2D eigenvalue weighted by atomic mass is 10.4. The van der Waals surface area contributed by atoms with Crippen molar-refractivity contribution >= 4 is 12.2 Å². The number of aliphatic imine (C=N–C) groups is 1. The number of amidine groups is 1. The van der Waals surface area contributed by atoms with Crippen molar-refractivity contribution in [2.24, 2.45) is 21.7 Å². The molecular weight excluding hydrogens is 154 g/mol. The number of nitrogens with two attached hydrogens (primary N) is 2. The van der Waals surface area contributed by atoms with Gasteiger partial charge in [-0.2, -0.15) is 5.10 Å². The number of aryl methyl sites for hydroxylation is 1. The first-order chi connectivity index (χ1) is 5.77. The minimum Gasteiger partial charge on any atom is -0.390 e. The number of nitrogens with one attached hydrogen (secondary N) is 1. The van der Waals surface area contributed by atoms with Crippen LogP contribution in [0.5, 0.6) is 0 Å². The lowest BCUT2D eigenvalue weighted by molar-refractivity contribution is 1.19. The predicted octanol–water partition coefficient (Wildman–Crippen LogP) is -0.0696. The number of hydrogen-bond acceptors (Lipinski definition) is 2. The average molecular weight is 165 g/mol. The molecular formula is C7H11N5. The summed E-state index contributed by atoms with van der Waals surface area (Å²) in [6, 6.07) is 3.75. The second-order valence-electron chi connectivity index (χ2n) is 2.29. The minimum atomic E-state index is 0.394. The largest absolute Gasteiger partial charge is 0.390 e. The van der Waals surface area contributed by atoms with Gasteiger partial charge in [0, 0.05) is 5.69 Å². The molecule has 0 bridgehead atoms. The molecule has 0 spiro atoms. The molecule has 12 heavy (non-hydrogen) atoms. The smallest absolute Gasteiger partial charge is 0.196 e. The van der Waals surface area contributed by atoms with Crippen LogP contribution in [0.15, 0.2) is 22.2 Å². The van der Waals surface area contributed by atoms with Crippen LogP contribution in [0.4, 0.5) is 0 Å². The van der Waals surface area contributed by atoms with Gasteiger partial charge < -0.3 is 16.6 Å². The fraction of sp³-hybridized carbons (Fsp3) is 0.143. The fourth-order valence-electron chi connectivity index (χ4n) is 0.878. The number of hydrogen-bond donors (Lipinski definition) is 3. The topological polar surface area (TPSA) is 92.5 Å². The van der Waals surface area contributed by atoms with Gasteiger partial charge in [0.05, 0.1) is 12.0 Å². The molecule has 0 amide bonds. The van der Waals surface area contributed by atoms with E-state index in [0.29, 0.717) is 5.84 Å². The van der Waals surface area contributed by atoms with Gasteiger partial charge in [0.15, 0.2) is 5.84 Å². The van der Waals surface area contributed by atoms with Crippen LogP contribution < -0.4 is 11.6 Å². The molecule has 5 N–H and O–H groups in total. The Kier molecular flexibility index (Phi) is 2.47. The molecule has 5 heteroatoms. The van der Waals surface area contributed by atoms with Gasteiger partial charge in [-0.1, -0.05) is 0 Å². The van der Waals surface area contributed by atoms with Crippen molar-refractivity contribution in [1.29, 1.82) is 0 Å². The molecule has 0 aliphatic carbocycles. The first-order valence-corrected chi connectivity index (χ1v) is 3.46. The van der Waals surface area contributed by atoms with Crippen molar-refractivity contribution in [3.8, 4) is 0 Å². The molecule has 0 aromatic carbocycles. The second kappa shape index (κ2) is 3.56. The second-order valence-corrected chi connectivity index (χ2v) is 2.29. The molecule has 0 fully saturated rings. The highest BCUT2D eigenvalue weighted by Gasteiger charge is 2.01. The lowest BCUT2D eigenvalue weighted by Gasteiger charge is -1.93. The molecule has 0 aliphatic heterocycles. The third kappa shape index (κ3) is 1.63. The average Bonchev–Trinajstić information content (AvgIpc) is 2.47. The van der Waals surface area contributed by atoms with Crippen LogP contribution in [0.2, 0.25) is 0 Å². The Bertz CT molecular complexity index is 309. The summed E-state index contributed by atoms with van der Waals surface area (Å²) in [7, 11) is 0. The third-order valence-corrected chi connectivity index (χ3v) is 1.39. The summed E-state index contributed by atoms with van der Waals surface area (Å²) in [5.74, 6) is 5.49. The number of nitrogens with zero attached hydrogens (tertiary/aromatic N) is 2. The van der Waals surface area contributed by atoms with Crippen LogP contribution in [-0.2, 0) is 0 Å². The highest BCUT2D eigenvalue weighted by atomic mass is 15.2. The molecule has 1 aromatic heterocycles. The van der Waals surface area contributed by atoms with Crippen molar-refractivity contribution < 1.29 is 0 Å². The molecule has 0 saturated heterocycles. The Hall–Kier alpha value is -1.78. The van der Waals surface area contributed by atoms with E-state index in [1.807, 2.05) is 19.1 Å². The monoisotopic (exact) mass is 165 g/mol. The Balaban J connectivity index is 2.96. The summed E-state index contributed by atoms with van der Waals surface area (Å²) in [6.45, 7) is 1.93. The van der Waals surface area contributed by atoms with Gasteiger partial charge in [-0.05, 0) is 19.1 Å².